The van der Waals surface area contributed by atoms with Crippen LogP contribution in [-0.4, -0.2) is 69.3 Å². The summed E-state index contributed by atoms with van der Waals surface area (Å²) in [7, 11) is -3.59. The number of carbonyl (C=O) groups is 2. The topological polar surface area (TPSA) is 119 Å². The first-order valence-electron chi connectivity index (χ1n) is 9.80. The minimum atomic E-state index is -3.59. The van der Waals surface area contributed by atoms with Crippen LogP contribution in [0.25, 0.3) is 0 Å². The summed E-state index contributed by atoms with van der Waals surface area (Å²) in [6, 6.07) is 12.2. The zero-order valence-corrected chi connectivity index (χ0v) is 18.3. The average Bonchev–Trinajstić information content (AvgIpc) is 2.69. The second kappa shape index (κ2) is 9.36. The smallest absolute Gasteiger partial charge is 0.337 e. The first-order chi connectivity index (χ1) is 14.6. The third-order valence-electron chi connectivity index (χ3n) is 4.97. The van der Waals surface area contributed by atoms with Gasteiger partial charge in [0.25, 0.3) is 0 Å². The number of rotatable bonds is 7. The number of benzene rings is 2. The maximum atomic E-state index is 12.3. The Morgan fingerprint density at radius 3 is 2.26 bits per heavy atom. The van der Waals surface area contributed by atoms with E-state index in [2.05, 4.69) is 10.0 Å². The molecule has 0 aromatic heterocycles. The number of aromatic carboxylic acids is 1. The lowest BCUT2D eigenvalue weighted by molar-refractivity contribution is -0.117. The number of carboxylic acid groups (broad SMARTS) is 1. The fourth-order valence-electron chi connectivity index (χ4n) is 3.40. The average molecular weight is 447 g/mol. The van der Waals surface area contributed by atoms with Crippen molar-refractivity contribution in [2.24, 2.45) is 0 Å². The number of amides is 1. The lowest BCUT2D eigenvalue weighted by Crippen LogP contribution is -2.48. The summed E-state index contributed by atoms with van der Waals surface area (Å²) >= 11 is 0. The number of carbonyl (C=O) groups excluding carboxylic acids is 1. The molecule has 31 heavy (non-hydrogen) atoms. The van der Waals surface area contributed by atoms with E-state index in [1.807, 2.05) is 41.0 Å². The fourth-order valence-corrected chi connectivity index (χ4v) is 3.98. The Morgan fingerprint density at radius 2 is 1.68 bits per heavy atom. The van der Waals surface area contributed by atoms with E-state index in [4.69, 9.17) is 0 Å². The molecule has 0 spiro atoms. The van der Waals surface area contributed by atoms with Crippen molar-refractivity contribution >= 4 is 39.0 Å². The molecule has 1 aliphatic rings. The van der Waals surface area contributed by atoms with Crippen molar-refractivity contribution in [2.45, 2.75) is 6.92 Å². The quantitative estimate of drug-likeness (QED) is 0.594. The number of hydrogen-bond donors (Lipinski definition) is 3. The number of hydrogen-bond acceptors (Lipinski definition) is 6. The molecule has 9 nitrogen and oxygen atoms in total. The van der Waals surface area contributed by atoms with Gasteiger partial charge in [0.05, 0.1) is 24.1 Å². The maximum Gasteiger partial charge on any atom is 0.337 e. The minimum absolute atomic E-state index is 0.0326. The number of nitrogens with one attached hydrogen (secondary N) is 2. The highest BCUT2D eigenvalue weighted by Crippen LogP contribution is 2.25. The summed E-state index contributed by atoms with van der Waals surface area (Å²) in [5.74, 6) is -1.29. The molecule has 2 aromatic rings. The molecule has 0 atom stereocenters. The van der Waals surface area contributed by atoms with Crippen LogP contribution in [0, 0.1) is 6.92 Å². The van der Waals surface area contributed by atoms with Crippen molar-refractivity contribution in [3.8, 4) is 0 Å². The molecule has 1 saturated heterocycles. The molecule has 1 amide bonds. The number of nitrogens with zero attached hydrogens (tertiary/aromatic N) is 2. The molecule has 1 aliphatic heterocycles. The highest BCUT2D eigenvalue weighted by atomic mass is 32.2. The van der Waals surface area contributed by atoms with Gasteiger partial charge >= 0.3 is 5.97 Å². The van der Waals surface area contributed by atoms with Crippen molar-refractivity contribution in [3.05, 3.63) is 53.6 Å². The Labute approximate surface area is 181 Å². The van der Waals surface area contributed by atoms with Crippen LogP contribution in [0.15, 0.2) is 42.5 Å². The number of aryl methyl sites for hydroxylation is 1. The molecule has 0 saturated carbocycles. The van der Waals surface area contributed by atoms with E-state index in [9.17, 15) is 23.1 Å². The van der Waals surface area contributed by atoms with Gasteiger partial charge in [0.15, 0.2) is 0 Å². The molecule has 2 aromatic carbocycles. The number of piperazine rings is 1. The van der Waals surface area contributed by atoms with Crippen molar-refractivity contribution in [1.82, 2.24) is 4.90 Å². The van der Waals surface area contributed by atoms with E-state index >= 15 is 0 Å². The molecule has 166 valence electrons. The fraction of sp³-hybridized carbons (Fsp3) is 0.333. The van der Waals surface area contributed by atoms with E-state index in [0.29, 0.717) is 31.9 Å². The van der Waals surface area contributed by atoms with E-state index in [0.717, 1.165) is 17.5 Å². The standard InChI is InChI=1S/C21H26N4O5S/c1-15-3-5-16(6-4-15)22-20(26)14-24-9-11-25(12-10-24)17-7-8-19(23-31(2,29)30)18(13-17)21(27)28/h3-8,13,23H,9-12,14H2,1-2H3,(H,22,26)(H,27,28). The highest BCUT2D eigenvalue weighted by Gasteiger charge is 2.21. The van der Waals surface area contributed by atoms with E-state index in [-0.39, 0.29) is 23.7 Å². The summed E-state index contributed by atoms with van der Waals surface area (Å²) in [5.41, 5.74) is 2.51. The largest absolute Gasteiger partial charge is 0.478 e. The van der Waals surface area contributed by atoms with E-state index in [1.54, 1.807) is 6.07 Å². The molecule has 3 rings (SSSR count). The van der Waals surface area contributed by atoms with Gasteiger partial charge < -0.3 is 15.3 Å². The molecule has 0 aliphatic carbocycles. The molecule has 0 bridgehead atoms. The summed E-state index contributed by atoms with van der Waals surface area (Å²) in [6.45, 7) is 4.80. The Hall–Kier alpha value is -3.11. The van der Waals surface area contributed by atoms with Crippen LogP contribution in [0.1, 0.15) is 15.9 Å². The van der Waals surface area contributed by atoms with Crippen LogP contribution in [0.2, 0.25) is 0 Å². The number of sulfonamides is 1. The van der Waals surface area contributed by atoms with Gasteiger partial charge in [-0.2, -0.15) is 0 Å². The predicted molar refractivity (Wildman–Crippen MR) is 120 cm³/mol. The van der Waals surface area contributed by atoms with Crippen LogP contribution in [0.3, 0.4) is 0 Å². The van der Waals surface area contributed by atoms with Gasteiger partial charge in [0, 0.05) is 37.6 Å². The summed E-state index contributed by atoms with van der Waals surface area (Å²) in [5, 5.41) is 12.3. The SMILES string of the molecule is Cc1ccc(NC(=O)CN2CCN(c3ccc(NS(C)(=O)=O)c(C(=O)O)c3)CC2)cc1. The lowest BCUT2D eigenvalue weighted by atomic mass is 10.1. The normalized spacial score (nSPS) is 14.8. The molecular formula is C21H26N4O5S. The van der Waals surface area contributed by atoms with Crippen molar-refractivity contribution < 1.29 is 23.1 Å². The zero-order chi connectivity index (χ0) is 22.6. The van der Waals surface area contributed by atoms with Crippen LogP contribution in [0.4, 0.5) is 17.1 Å². The van der Waals surface area contributed by atoms with Crippen LogP contribution in [-0.2, 0) is 14.8 Å². The third-order valence-corrected chi connectivity index (χ3v) is 5.56. The Balaban J connectivity index is 1.58. The van der Waals surface area contributed by atoms with Gasteiger partial charge in [-0.15, -0.1) is 0 Å². The van der Waals surface area contributed by atoms with Gasteiger partial charge in [-0.1, -0.05) is 17.7 Å². The molecular weight excluding hydrogens is 420 g/mol. The molecule has 3 N–H and O–H groups in total. The molecule has 0 radical (unpaired) electrons. The van der Waals surface area contributed by atoms with Crippen LogP contribution in [0.5, 0.6) is 0 Å². The summed E-state index contributed by atoms with van der Waals surface area (Å²) in [6.07, 6.45) is 0.973. The van der Waals surface area contributed by atoms with E-state index in [1.165, 1.54) is 12.1 Å². The second-order valence-corrected chi connectivity index (χ2v) is 9.34. The van der Waals surface area contributed by atoms with Crippen molar-refractivity contribution in [2.75, 3.05) is 53.9 Å². The van der Waals surface area contributed by atoms with Crippen molar-refractivity contribution in [1.29, 1.82) is 0 Å². The Kier molecular flexibility index (Phi) is 6.81. The van der Waals surface area contributed by atoms with Crippen molar-refractivity contribution in [3.63, 3.8) is 0 Å². The Morgan fingerprint density at radius 1 is 1.03 bits per heavy atom. The second-order valence-electron chi connectivity index (χ2n) is 7.59. The van der Waals surface area contributed by atoms with Gasteiger partial charge in [-0.3, -0.25) is 14.4 Å². The highest BCUT2D eigenvalue weighted by molar-refractivity contribution is 7.92. The van der Waals surface area contributed by atoms with Gasteiger partial charge in [-0.05, 0) is 37.3 Å². The first kappa shape index (κ1) is 22.6. The lowest BCUT2D eigenvalue weighted by Gasteiger charge is -2.36. The molecule has 1 fully saturated rings. The monoisotopic (exact) mass is 446 g/mol. The van der Waals surface area contributed by atoms with Gasteiger partial charge in [0.2, 0.25) is 15.9 Å². The van der Waals surface area contributed by atoms with Gasteiger partial charge in [-0.25, -0.2) is 13.2 Å². The predicted octanol–water partition coefficient (Wildman–Crippen LogP) is 1.83. The summed E-state index contributed by atoms with van der Waals surface area (Å²) in [4.78, 5) is 27.9. The number of anilines is 3. The molecule has 0 unspecified atom stereocenters. The molecule has 1 heterocycles. The third kappa shape index (κ3) is 6.43. The minimum Gasteiger partial charge on any atom is -0.478 e. The first-order valence-corrected chi connectivity index (χ1v) is 11.7. The van der Waals surface area contributed by atoms with Crippen LogP contribution < -0.4 is 14.9 Å². The van der Waals surface area contributed by atoms with Crippen LogP contribution >= 0.6 is 0 Å². The molecule has 10 heteroatoms. The van der Waals surface area contributed by atoms with E-state index < -0.39 is 16.0 Å². The maximum absolute atomic E-state index is 12.3. The summed E-state index contributed by atoms with van der Waals surface area (Å²) < 4.78 is 25.2. The van der Waals surface area contributed by atoms with Gasteiger partial charge in [0.1, 0.15) is 0 Å². The zero-order valence-electron chi connectivity index (χ0n) is 17.5. The number of carboxylic acids is 1. The Bertz CT molecular complexity index is 1060.